The number of carboxylic acid groups (broad SMARTS) is 1. The Kier molecular flexibility index (Phi) is 14.8. The lowest BCUT2D eigenvalue weighted by atomic mass is 9.86. The number of carbonyl (C=O) groups is 2. The molecule has 1 aliphatic carbocycles. The van der Waals surface area contributed by atoms with E-state index in [9.17, 15) is 31.5 Å². The minimum Gasteiger partial charge on any atom is -0.481 e. The second-order valence-corrected chi connectivity index (χ2v) is 24.3. The molecule has 5 atom stereocenters. The van der Waals surface area contributed by atoms with Crippen LogP contribution in [-0.4, -0.2) is 77.5 Å². The Morgan fingerprint density at radius 2 is 1.19 bits per heavy atom. The zero-order valence-electron chi connectivity index (χ0n) is 38.8. The monoisotopic (exact) mass is 988 g/mol. The molecule has 1 saturated heterocycles. The van der Waals surface area contributed by atoms with Gasteiger partial charge in [-0.25, -0.2) is 16.8 Å². The summed E-state index contributed by atoms with van der Waals surface area (Å²) in [5.74, 6) is -2.05. The highest BCUT2D eigenvalue weighted by atomic mass is 35.5. The van der Waals surface area contributed by atoms with Crippen LogP contribution in [0.15, 0.2) is 88.9 Å². The number of nitrogens with zero attached hydrogens (tertiary/aromatic N) is 3. The molecule has 0 radical (unpaired) electrons. The first kappa shape index (κ1) is 49.0. The van der Waals surface area contributed by atoms with Crippen LogP contribution in [0.1, 0.15) is 114 Å². The third-order valence-electron chi connectivity index (χ3n) is 14.5. The van der Waals surface area contributed by atoms with Crippen LogP contribution >= 0.6 is 23.2 Å². The average Bonchev–Trinajstić information content (AvgIpc) is 3.98. The number of aliphatic carboxylic acids is 1. The van der Waals surface area contributed by atoms with E-state index in [0.717, 1.165) is 42.8 Å². The summed E-state index contributed by atoms with van der Waals surface area (Å²) >= 11 is 12.4. The molecule has 1 fully saturated rings. The van der Waals surface area contributed by atoms with Crippen LogP contribution in [0.2, 0.25) is 10.0 Å². The normalized spacial score (nSPS) is 21.9. The van der Waals surface area contributed by atoms with Crippen molar-refractivity contribution in [2.45, 2.75) is 150 Å². The summed E-state index contributed by atoms with van der Waals surface area (Å²) in [7, 11) is -7.37. The number of fused-ring (bicyclic) bond motifs is 3. The summed E-state index contributed by atoms with van der Waals surface area (Å²) in [5, 5.41) is 12.2. The zero-order valence-corrected chi connectivity index (χ0v) is 42.0. The Labute approximate surface area is 405 Å². The standard InChI is InChI=1S/C34H42ClN3O3S.C18H20ClNO4S/c1-23-18-33(24(2)17-30(23)35)42(40,41)32-12-16-38-15-6-7-31(38)29(32)21-34(39)36-28-11-10-26-19-25(8-9-27(26)20-28)22-37-13-4-3-5-14-37;1-11-9-17(12(2)8-14(11)19)25(23,24)16-5-7-20-6-3-4-15(20)13(16)10-18(21)22/h6-9,15,17-19,28-29,32H,3-5,10-14,16,20-22H2,1-2H3,(H,36,39);3-4,6,8-9,13,16H,5,7,10H2,1-2H3,(H,21,22). The largest absolute Gasteiger partial charge is 0.481 e. The zero-order chi connectivity index (χ0) is 47.8. The van der Waals surface area contributed by atoms with Gasteiger partial charge in [0.25, 0.3) is 0 Å². The number of benzene rings is 3. The van der Waals surface area contributed by atoms with Gasteiger partial charge in [0.05, 0.1) is 26.7 Å². The molecule has 0 bridgehead atoms. The molecule has 4 aliphatic rings. The SMILES string of the molecule is Cc1cc(S(=O)(=O)C2CCn3cccc3C2CC(=O)NC2CCc3cc(CN4CCCCC4)ccc3C2)c(C)cc1Cl.Cc1cc(S(=O)(=O)C2CCn3cccc3C2CC(=O)O)c(C)cc1Cl. The molecule has 5 heterocycles. The van der Waals surface area contributed by atoms with E-state index < -0.39 is 48.0 Å². The van der Waals surface area contributed by atoms with Gasteiger partial charge in [-0.15, -0.1) is 0 Å². The number of rotatable bonds is 11. The highest BCUT2D eigenvalue weighted by molar-refractivity contribution is 7.92. The van der Waals surface area contributed by atoms with Gasteiger partial charge in [-0.2, -0.15) is 0 Å². The fourth-order valence-electron chi connectivity index (χ4n) is 11.0. The molecule has 11 nitrogen and oxygen atoms in total. The van der Waals surface area contributed by atoms with Crippen molar-refractivity contribution in [3.8, 4) is 0 Å². The lowest BCUT2D eigenvalue weighted by molar-refractivity contribution is -0.137. The molecule has 3 aromatic carbocycles. The fourth-order valence-corrected chi connectivity index (χ4v) is 15.9. The highest BCUT2D eigenvalue weighted by Gasteiger charge is 2.43. The number of piperidine rings is 1. The van der Waals surface area contributed by atoms with E-state index >= 15 is 0 Å². The smallest absolute Gasteiger partial charge is 0.304 e. The molecular formula is C52H62Cl2N4O7S2. The number of likely N-dealkylation sites (tertiary alicyclic amines) is 1. The van der Waals surface area contributed by atoms with Crippen molar-refractivity contribution >= 4 is 54.8 Å². The van der Waals surface area contributed by atoms with E-state index in [2.05, 4.69) is 33.0 Å². The second kappa shape index (κ2) is 20.3. The Hall–Kier alpha value is -4.40. The molecule has 0 saturated carbocycles. The number of nitrogens with one attached hydrogen (secondary N) is 1. The van der Waals surface area contributed by atoms with Gasteiger partial charge in [0.15, 0.2) is 19.7 Å². The topological polar surface area (TPSA) is 148 Å². The summed E-state index contributed by atoms with van der Waals surface area (Å²) in [6.45, 7) is 11.7. The molecule has 15 heteroatoms. The van der Waals surface area contributed by atoms with Crippen LogP contribution in [0, 0.1) is 27.7 Å². The molecular weight excluding hydrogens is 928 g/mol. The molecule has 5 unspecified atom stereocenters. The number of aromatic nitrogens is 2. The van der Waals surface area contributed by atoms with E-state index in [1.165, 1.54) is 49.0 Å². The maximum absolute atomic E-state index is 14.1. The number of carboxylic acids is 1. The minimum absolute atomic E-state index is 0.0598. The maximum Gasteiger partial charge on any atom is 0.304 e. The third-order valence-corrected chi connectivity index (χ3v) is 20.2. The molecule has 0 spiro atoms. The van der Waals surface area contributed by atoms with Crippen LogP contribution in [0.4, 0.5) is 0 Å². The summed E-state index contributed by atoms with van der Waals surface area (Å²) in [5.41, 5.74) is 8.46. The van der Waals surface area contributed by atoms with Crippen LogP contribution in [0.5, 0.6) is 0 Å². The third kappa shape index (κ3) is 10.6. The first-order chi connectivity index (χ1) is 31.9. The summed E-state index contributed by atoms with van der Waals surface area (Å²) < 4.78 is 58.9. The summed E-state index contributed by atoms with van der Waals surface area (Å²) in [4.78, 5) is 28.0. The van der Waals surface area contributed by atoms with Crippen molar-refractivity contribution in [3.63, 3.8) is 0 Å². The van der Waals surface area contributed by atoms with Gasteiger partial charge in [-0.05, 0) is 173 Å². The predicted octanol–water partition coefficient (Wildman–Crippen LogP) is 9.70. The van der Waals surface area contributed by atoms with Gasteiger partial charge in [-0.3, -0.25) is 14.5 Å². The Bertz CT molecular complexity index is 2880. The quantitative estimate of drug-likeness (QED) is 0.133. The van der Waals surface area contributed by atoms with Crippen LogP contribution in [0.3, 0.4) is 0 Å². The molecule has 1 amide bonds. The number of amides is 1. The number of carbonyl (C=O) groups excluding carboxylic acids is 1. The lowest BCUT2D eigenvalue weighted by Gasteiger charge is -2.34. The summed E-state index contributed by atoms with van der Waals surface area (Å²) in [6, 6.07) is 21.2. The van der Waals surface area contributed by atoms with E-state index in [-0.39, 0.29) is 29.7 Å². The lowest BCUT2D eigenvalue weighted by Crippen LogP contribution is -2.42. The Balaban J connectivity index is 0.000000207. The van der Waals surface area contributed by atoms with Gasteiger partial charge >= 0.3 is 5.97 Å². The first-order valence-electron chi connectivity index (χ1n) is 23.6. The van der Waals surface area contributed by atoms with Gasteiger partial charge in [0.2, 0.25) is 5.91 Å². The highest BCUT2D eigenvalue weighted by Crippen LogP contribution is 2.41. The molecule has 9 rings (SSSR count). The van der Waals surface area contributed by atoms with Crippen molar-refractivity contribution in [3.05, 3.63) is 140 Å². The fraction of sp³-hybridized carbons (Fsp3) is 0.462. The first-order valence-corrected chi connectivity index (χ1v) is 27.4. The minimum atomic E-state index is -3.69. The molecule has 2 aromatic heterocycles. The second-order valence-electron chi connectivity index (χ2n) is 19.2. The van der Waals surface area contributed by atoms with Crippen LogP contribution in [0.25, 0.3) is 0 Å². The van der Waals surface area contributed by atoms with Crippen molar-refractivity contribution in [2.24, 2.45) is 0 Å². The van der Waals surface area contributed by atoms with Crippen molar-refractivity contribution in [1.82, 2.24) is 19.4 Å². The number of hydrogen-bond acceptors (Lipinski definition) is 7. The molecule has 5 aromatic rings. The molecule has 2 N–H and O–H groups in total. The van der Waals surface area contributed by atoms with Gasteiger partial charge in [0, 0.05) is 77.8 Å². The Morgan fingerprint density at radius 3 is 1.73 bits per heavy atom. The van der Waals surface area contributed by atoms with E-state index in [4.69, 9.17) is 23.2 Å². The van der Waals surface area contributed by atoms with E-state index in [0.29, 0.717) is 57.6 Å². The summed E-state index contributed by atoms with van der Waals surface area (Å²) in [6.07, 6.45) is 11.3. The van der Waals surface area contributed by atoms with Gasteiger partial charge in [0.1, 0.15) is 0 Å². The molecule has 358 valence electrons. The van der Waals surface area contributed by atoms with Crippen molar-refractivity contribution in [1.29, 1.82) is 0 Å². The number of sulfone groups is 2. The average molecular weight is 990 g/mol. The molecule has 67 heavy (non-hydrogen) atoms. The van der Waals surface area contributed by atoms with E-state index in [1.807, 2.05) is 48.1 Å². The van der Waals surface area contributed by atoms with Gasteiger partial charge < -0.3 is 19.6 Å². The van der Waals surface area contributed by atoms with Crippen LogP contribution in [-0.2, 0) is 61.7 Å². The maximum atomic E-state index is 14.1. The van der Waals surface area contributed by atoms with Crippen molar-refractivity contribution in [2.75, 3.05) is 13.1 Å². The predicted molar refractivity (Wildman–Crippen MR) is 264 cm³/mol. The van der Waals surface area contributed by atoms with Crippen LogP contribution < -0.4 is 5.32 Å². The molecule has 3 aliphatic heterocycles. The number of aryl methyl sites for hydroxylation is 7. The van der Waals surface area contributed by atoms with E-state index in [1.54, 1.807) is 45.0 Å². The van der Waals surface area contributed by atoms with Crippen molar-refractivity contribution < 1.29 is 31.5 Å². The number of hydrogen-bond donors (Lipinski definition) is 2. The Morgan fingerprint density at radius 1 is 0.657 bits per heavy atom. The van der Waals surface area contributed by atoms with Gasteiger partial charge in [-0.1, -0.05) is 47.8 Å². The number of halogens is 2.